The van der Waals surface area contributed by atoms with Crippen LogP contribution in [-0.2, 0) is 24.1 Å². The molecule has 21 heavy (non-hydrogen) atoms. The molecule has 0 radical (unpaired) electrons. The van der Waals surface area contributed by atoms with Crippen LogP contribution in [0.5, 0.6) is 0 Å². The summed E-state index contributed by atoms with van der Waals surface area (Å²) >= 11 is 0. The molecule has 0 amide bonds. The van der Waals surface area contributed by atoms with Crippen molar-refractivity contribution in [1.82, 2.24) is 9.78 Å². The Bertz CT molecular complexity index is 436. The fourth-order valence-corrected chi connectivity index (χ4v) is 3.31. The molecule has 1 fully saturated rings. The van der Waals surface area contributed by atoms with Gasteiger partial charge in [-0.2, -0.15) is 5.10 Å². The number of aryl methyl sites for hydroxylation is 2. The summed E-state index contributed by atoms with van der Waals surface area (Å²) in [6, 6.07) is 0. The zero-order chi connectivity index (χ0) is 15.2. The summed E-state index contributed by atoms with van der Waals surface area (Å²) in [7, 11) is 0. The Hall–Kier alpha value is -0.870. The number of nitrogens with zero attached hydrogens (tertiary/aromatic N) is 2. The summed E-state index contributed by atoms with van der Waals surface area (Å²) in [6.45, 7) is 8.16. The van der Waals surface area contributed by atoms with E-state index in [2.05, 4.69) is 18.5 Å². The van der Waals surface area contributed by atoms with E-state index in [9.17, 15) is 5.11 Å². The molecule has 1 N–H and O–H groups in total. The molecule has 2 unspecified atom stereocenters. The van der Waals surface area contributed by atoms with E-state index >= 15 is 0 Å². The Morgan fingerprint density at radius 1 is 1.33 bits per heavy atom. The molecule has 1 saturated heterocycles. The topological polar surface area (TPSA) is 47.3 Å². The molecule has 1 aliphatic rings. The van der Waals surface area contributed by atoms with Crippen molar-refractivity contribution in [2.75, 3.05) is 6.61 Å². The number of hydrogen-bond acceptors (Lipinski definition) is 3. The number of aromatic nitrogens is 2. The molecule has 1 aliphatic heterocycles. The van der Waals surface area contributed by atoms with E-state index in [1.807, 2.05) is 6.92 Å². The summed E-state index contributed by atoms with van der Waals surface area (Å²) in [5.41, 5.74) is 3.37. The van der Waals surface area contributed by atoms with Gasteiger partial charge in [-0.3, -0.25) is 4.68 Å². The lowest BCUT2D eigenvalue weighted by atomic mass is 10.0. The first kappa shape index (κ1) is 16.5. The molecular formula is C17H30N2O2. The molecule has 1 aromatic heterocycles. The zero-order valence-corrected chi connectivity index (χ0v) is 13.8. The smallest absolute Gasteiger partial charge is 0.0823 e. The second-order valence-corrected chi connectivity index (χ2v) is 5.94. The maximum absolute atomic E-state index is 10.3. The Labute approximate surface area is 128 Å². The van der Waals surface area contributed by atoms with E-state index in [1.54, 1.807) is 0 Å². The van der Waals surface area contributed by atoms with Gasteiger partial charge in [-0.15, -0.1) is 0 Å². The SMILES string of the molecule is CCc1nn(CCCC2CCCO2)c(CC)c1C(O)CC. The summed E-state index contributed by atoms with van der Waals surface area (Å²) in [4.78, 5) is 0. The average Bonchev–Trinajstić information content (AvgIpc) is 3.13. The van der Waals surface area contributed by atoms with Gasteiger partial charge in [-0.05, 0) is 44.9 Å². The highest BCUT2D eigenvalue weighted by molar-refractivity contribution is 5.29. The van der Waals surface area contributed by atoms with Gasteiger partial charge >= 0.3 is 0 Å². The van der Waals surface area contributed by atoms with Crippen molar-refractivity contribution < 1.29 is 9.84 Å². The van der Waals surface area contributed by atoms with Crippen LogP contribution in [0.3, 0.4) is 0 Å². The average molecular weight is 294 g/mol. The van der Waals surface area contributed by atoms with Crippen LogP contribution in [-0.4, -0.2) is 27.6 Å². The number of rotatable bonds is 8. The number of hydrogen-bond donors (Lipinski definition) is 1. The number of aliphatic hydroxyl groups excluding tert-OH is 1. The lowest BCUT2D eigenvalue weighted by Crippen LogP contribution is -2.10. The predicted octanol–water partition coefficient (Wildman–Crippen LogP) is 3.41. The highest BCUT2D eigenvalue weighted by Gasteiger charge is 2.21. The van der Waals surface area contributed by atoms with Gasteiger partial charge in [-0.1, -0.05) is 20.8 Å². The standard InChI is InChI=1S/C17H30N2O2/c1-4-14-17(16(20)6-3)15(5-2)19(18-14)11-7-9-13-10-8-12-21-13/h13,16,20H,4-12H2,1-3H3. The third-order valence-corrected chi connectivity index (χ3v) is 4.48. The third kappa shape index (κ3) is 3.86. The Balaban J connectivity index is 2.05. The summed E-state index contributed by atoms with van der Waals surface area (Å²) < 4.78 is 7.81. The van der Waals surface area contributed by atoms with Crippen molar-refractivity contribution in [2.45, 2.75) is 84.5 Å². The van der Waals surface area contributed by atoms with Gasteiger partial charge in [0.15, 0.2) is 0 Å². The number of ether oxygens (including phenoxy) is 1. The molecule has 4 heteroatoms. The first-order chi connectivity index (χ1) is 10.2. The fraction of sp³-hybridized carbons (Fsp3) is 0.824. The molecule has 4 nitrogen and oxygen atoms in total. The maximum atomic E-state index is 10.3. The monoisotopic (exact) mass is 294 g/mol. The van der Waals surface area contributed by atoms with Crippen molar-refractivity contribution in [3.05, 3.63) is 17.0 Å². The van der Waals surface area contributed by atoms with Crippen LogP contribution >= 0.6 is 0 Å². The molecule has 120 valence electrons. The van der Waals surface area contributed by atoms with Crippen LogP contribution < -0.4 is 0 Å². The number of aliphatic hydroxyl groups is 1. The zero-order valence-electron chi connectivity index (χ0n) is 13.8. The highest BCUT2D eigenvalue weighted by atomic mass is 16.5. The van der Waals surface area contributed by atoms with Crippen LogP contribution in [0.4, 0.5) is 0 Å². The minimum absolute atomic E-state index is 0.373. The Morgan fingerprint density at radius 3 is 2.71 bits per heavy atom. The van der Waals surface area contributed by atoms with E-state index in [4.69, 9.17) is 9.84 Å². The van der Waals surface area contributed by atoms with Gasteiger partial charge in [0.05, 0.1) is 17.9 Å². The molecule has 0 aliphatic carbocycles. The van der Waals surface area contributed by atoms with E-state index in [-0.39, 0.29) is 6.10 Å². The molecule has 2 heterocycles. The van der Waals surface area contributed by atoms with E-state index < -0.39 is 0 Å². The van der Waals surface area contributed by atoms with Gasteiger partial charge in [0.25, 0.3) is 0 Å². The van der Waals surface area contributed by atoms with Crippen LogP contribution in [0.15, 0.2) is 0 Å². The van der Waals surface area contributed by atoms with Crippen LogP contribution in [0, 0.1) is 0 Å². The summed E-state index contributed by atoms with van der Waals surface area (Å²) in [5, 5.41) is 15.0. The van der Waals surface area contributed by atoms with Gasteiger partial charge in [0.1, 0.15) is 0 Å². The first-order valence-corrected chi connectivity index (χ1v) is 8.59. The van der Waals surface area contributed by atoms with Crippen molar-refractivity contribution in [3.63, 3.8) is 0 Å². The normalized spacial score (nSPS) is 20.1. The second kappa shape index (κ2) is 7.95. The summed E-state index contributed by atoms with van der Waals surface area (Å²) in [6.07, 6.45) is 7.29. The van der Waals surface area contributed by atoms with Crippen molar-refractivity contribution in [1.29, 1.82) is 0 Å². The second-order valence-electron chi connectivity index (χ2n) is 5.94. The fourth-order valence-electron chi connectivity index (χ4n) is 3.31. The van der Waals surface area contributed by atoms with Gasteiger partial charge < -0.3 is 9.84 Å². The predicted molar refractivity (Wildman–Crippen MR) is 84.4 cm³/mol. The largest absolute Gasteiger partial charge is 0.388 e. The third-order valence-electron chi connectivity index (χ3n) is 4.48. The molecule has 0 saturated carbocycles. The molecular weight excluding hydrogens is 264 g/mol. The van der Waals surface area contributed by atoms with E-state index in [0.29, 0.717) is 6.10 Å². The quantitative estimate of drug-likeness (QED) is 0.799. The highest BCUT2D eigenvalue weighted by Crippen LogP contribution is 2.26. The van der Waals surface area contributed by atoms with Crippen molar-refractivity contribution in [2.24, 2.45) is 0 Å². The minimum Gasteiger partial charge on any atom is -0.388 e. The Kier molecular flexibility index (Phi) is 6.24. The van der Waals surface area contributed by atoms with E-state index in [0.717, 1.165) is 56.5 Å². The molecule has 0 aromatic carbocycles. The maximum Gasteiger partial charge on any atom is 0.0823 e. The van der Waals surface area contributed by atoms with Crippen molar-refractivity contribution in [3.8, 4) is 0 Å². The lowest BCUT2D eigenvalue weighted by Gasteiger charge is -2.13. The van der Waals surface area contributed by atoms with Crippen LogP contribution in [0.25, 0.3) is 0 Å². The molecule has 2 rings (SSSR count). The van der Waals surface area contributed by atoms with Crippen molar-refractivity contribution >= 4 is 0 Å². The first-order valence-electron chi connectivity index (χ1n) is 8.59. The lowest BCUT2D eigenvalue weighted by molar-refractivity contribution is 0.101. The Morgan fingerprint density at radius 2 is 2.14 bits per heavy atom. The summed E-state index contributed by atoms with van der Waals surface area (Å²) in [5.74, 6) is 0. The van der Waals surface area contributed by atoms with Gasteiger partial charge in [0, 0.05) is 24.4 Å². The molecule has 1 aromatic rings. The molecule has 0 bridgehead atoms. The molecule has 0 spiro atoms. The molecule has 2 atom stereocenters. The van der Waals surface area contributed by atoms with Crippen LogP contribution in [0.2, 0.25) is 0 Å². The van der Waals surface area contributed by atoms with Gasteiger partial charge in [-0.25, -0.2) is 0 Å². The van der Waals surface area contributed by atoms with Crippen LogP contribution in [0.1, 0.15) is 75.9 Å². The van der Waals surface area contributed by atoms with E-state index in [1.165, 1.54) is 18.5 Å². The van der Waals surface area contributed by atoms with Gasteiger partial charge in [0.2, 0.25) is 0 Å². The minimum atomic E-state index is -0.373.